The second-order valence-electron chi connectivity index (χ2n) is 5.47. The molecule has 0 spiro atoms. The fraction of sp³-hybridized carbons (Fsp3) is 0.222. The summed E-state index contributed by atoms with van der Waals surface area (Å²) in [4.78, 5) is 25.0. The van der Waals surface area contributed by atoms with Crippen LogP contribution in [-0.2, 0) is 16.0 Å². The molecule has 7 nitrogen and oxygen atoms in total. The Morgan fingerprint density at radius 1 is 1.11 bits per heavy atom. The number of aromatic nitrogens is 2. The maximum Gasteiger partial charge on any atom is 0.234 e. The van der Waals surface area contributed by atoms with Crippen LogP contribution >= 0.6 is 34.4 Å². The molecule has 0 saturated heterocycles. The fourth-order valence-electron chi connectivity index (χ4n) is 2.18. The number of nitrogens with zero attached hydrogens (tertiary/aromatic N) is 2. The summed E-state index contributed by atoms with van der Waals surface area (Å²) in [7, 11) is 0. The van der Waals surface area contributed by atoms with Crippen molar-refractivity contribution < 1.29 is 14.3 Å². The molecular formula is C18H18N4O3S3. The van der Waals surface area contributed by atoms with E-state index in [4.69, 9.17) is 4.74 Å². The lowest BCUT2D eigenvalue weighted by molar-refractivity contribution is -0.115. The van der Waals surface area contributed by atoms with Crippen LogP contribution in [0.25, 0.3) is 0 Å². The number of benzene rings is 1. The van der Waals surface area contributed by atoms with Crippen molar-refractivity contribution in [3.63, 3.8) is 0 Å². The molecule has 2 heterocycles. The molecule has 3 rings (SSSR count). The van der Waals surface area contributed by atoms with Crippen LogP contribution in [0.4, 0.5) is 10.8 Å². The third kappa shape index (κ3) is 6.32. The molecule has 2 N–H and O–H groups in total. The van der Waals surface area contributed by atoms with Crippen molar-refractivity contribution in [2.45, 2.75) is 17.7 Å². The van der Waals surface area contributed by atoms with E-state index in [0.29, 0.717) is 28.2 Å². The molecular weight excluding hydrogens is 416 g/mol. The van der Waals surface area contributed by atoms with Gasteiger partial charge >= 0.3 is 0 Å². The Labute approximate surface area is 174 Å². The minimum Gasteiger partial charge on any atom is -0.494 e. The van der Waals surface area contributed by atoms with Gasteiger partial charge in [0.15, 0.2) is 4.34 Å². The maximum absolute atomic E-state index is 12.1. The van der Waals surface area contributed by atoms with Gasteiger partial charge in [0.1, 0.15) is 5.75 Å². The third-order valence-electron chi connectivity index (χ3n) is 3.34. The van der Waals surface area contributed by atoms with Crippen molar-refractivity contribution in [3.8, 4) is 5.75 Å². The van der Waals surface area contributed by atoms with Crippen LogP contribution < -0.4 is 15.4 Å². The number of ether oxygens (including phenoxy) is 1. The van der Waals surface area contributed by atoms with E-state index in [1.54, 1.807) is 12.1 Å². The molecule has 146 valence electrons. The van der Waals surface area contributed by atoms with Gasteiger partial charge in [0.2, 0.25) is 16.9 Å². The summed E-state index contributed by atoms with van der Waals surface area (Å²) in [6.07, 6.45) is 0.310. The molecule has 0 aliphatic heterocycles. The molecule has 3 aromatic rings. The second kappa shape index (κ2) is 10.2. The van der Waals surface area contributed by atoms with Gasteiger partial charge in [-0.25, -0.2) is 0 Å². The van der Waals surface area contributed by atoms with Crippen LogP contribution in [-0.4, -0.2) is 34.4 Å². The first-order valence-electron chi connectivity index (χ1n) is 8.43. The van der Waals surface area contributed by atoms with Crippen molar-refractivity contribution in [1.29, 1.82) is 0 Å². The van der Waals surface area contributed by atoms with Gasteiger partial charge in [-0.1, -0.05) is 29.2 Å². The van der Waals surface area contributed by atoms with Gasteiger partial charge in [-0.15, -0.1) is 21.5 Å². The smallest absolute Gasteiger partial charge is 0.234 e. The highest BCUT2D eigenvalue weighted by atomic mass is 32.2. The number of thioether (sulfide) groups is 1. The van der Waals surface area contributed by atoms with Gasteiger partial charge < -0.3 is 15.4 Å². The van der Waals surface area contributed by atoms with Crippen molar-refractivity contribution in [2.75, 3.05) is 23.0 Å². The average Bonchev–Trinajstić information content (AvgIpc) is 3.34. The summed E-state index contributed by atoms with van der Waals surface area (Å²) in [6, 6.07) is 11.0. The van der Waals surface area contributed by atoms with Crippen LogP contribution in [0.3, 0.4) is 0 Å². The molecule has 1 aromatic carbocycles. The molecule has 0 radical (unpaired) electrons. The molecule has 0 bridgehead atoms. The summed E-state index contributed by atoms with van der Waals surface area (Å²) >= 11 is 4.05. The average molecular weight is 435 g/mol. The van der Waals surface area contributed by atoms with Gasteiger partial charge in [0.05, 0.1) is 18.8 Å². The Bertz CT molecular complexity index is 911. The van der Waals surface area contributed by atoms with Crippen LogP contribution in [0.1, 0.15) is 11.8 Å². The van der Waals surface area contributed by atoms with Gasteiger partial charge in [0, 0.05) is 10.6 Å². The first kappa shape index (κ1) is 20.3. The monoisotopic (exact) mass is 434 g/mol. The lowest BCUT2D eigenvalue weighted by Gasteiger charge is -2.06. The second-order valence-corrected chi connectivity index (χ2v) is 8.70. The Kier molecular flexibility index (Phi) is 7.40. The van der Waals surface area contributed by atoms with Crippen molar-refractivity contribution in [3.05, 3.63) is 46.7 Å². The van der Waals surface area contributed by atoms with Crippen molar-refractivity contribution in [1.82, 2.24) is 10.2 Å². The van der Waals surface area contributed by atoms with Crippen molar-refractivity contribution in [2.24, 2.45) is 0 Å². The minimum atomic E-state index is -0.146. The van der Waals surface area contributed by atoms with E-state index in [9.17, 15) is 9.59 Å². The van der Waals surface area contributed by atoms with Gasteiger partial charge in [-0.2, -0.15) is 0 Å². The molecule has 0 unspecified atom stereocenters. The highest BCUT2D eigenvalue weighted by Gasteiger charge is 2.11. The highest BCUT2D eigenvalue weighted by molar-refractivity contribution is 8.01. The van der Waals surface area contributed by atoms with E-state index in [-0.39, 0.29) is 17.6 Å². The number of thiophene rings is 1. The van der Waals surface area contributed by atoms with Crippen LogP contribution in [0.15, 0.2) is 46.1 Å². The van der Waals surface area contributed by atoms with E-state index in [1.165, 1.54) is 34.4 Å². The molecule has 10 heteroatoms. The zero-order valence-corrected chi connectivity index (χ0v) is 17.5. The first-order chi connectivity index (χ1) is 13.6. The normalized spacial score (nSPS) is 10.5. The SMILES string of the molecule is CCOc1ccc(NC(=O)CSc2nnc(NC(=O)Cc3cccs3)s2)cc1. The molecule has 0 saturated carbocycles. The molecule has 28 heavy (non-hydrogen) atoms. The quantitative estimate of drug-likeness (QED) is 0.392. The number of hydrogen-bond acceptors (Lipinski definition) is 8. The molecule has 0 aliphatic carbocycles. The number of rotatable bonds is 9. The van der Waals surface area contributed by atoms with Gasteiger partial charge in [-0.05, 0) is 42.6 Å². The lowest BCUT2D eigenvalue weighted by atomic mass is 10.3. The first-order valence-corrected chi connectivity index (χ1v) is 11.1. The maximum atomic E-state index is 12.1. The lowest BCUT2D eigenvalue weighted by Crippen LogP contribution is -2.13. The zero-order valence-electron chi connectivity index (χ0n) is 15.0. The Balaban J connectivity index is 1.43. The van der Waals surface area contributed by atoms with Crippen LogP contribution in [0.5, 0.6) is 5.75 Å². The van der Waals surface area contributed by atoms with Gasteiger partial charge in [-0.3, -0.25) is 9.59 Å². The molecule has 2 amide bonds. The molecule has 0 fully saturated rings. The summed E-state index contributed by atoms with van der Waals surface area (Å²) in [5, 5.41) is 15.9. The van der Waals surface area contributed by atoms with E-state index >= 15 is 0 Å². The molecule has 0 aliphatic rings. The summed E-state index contributed by atoms with van der Waals surface area (Å²) in [6.45, 7) is 2.52. The summed E-state index contributed by atoms with van der Waals surface area (Å²) in [5.41, 5.74) is 0.702. The standard InChI is InChI=1S/C18H18N4O3S3/c1-2-25-13-7-5-12(6-8-13)19-16(24)11-27-18-22-21-17(28-18)20-15(23)10-14-4-3-9-26-14/h3-9H,2,10-11H2,1H3,(H,19,24)(H,20,21,23). The van der Waals surface area contributed by atoms with E-state index in [1.807, 2.05) is 36.6 Å². The van der Waals surface area contributed by atoms with E-state index < -0.39 is 0 Å². The minimum absolute atomic E-state index is 0.136. The number of carbonyl (C=O) groups excluding carboxylic acids is 2. The number of nitrogens with one attached hydrogen (secondary N) is 2. The topological polar surface area (TPSA) is 93.2 Å². The highest BCUT2D eigenvalue weighted by Crippen LogP contribution is 2.26. The molecule has 2 aromatic heterocycles. The van der Waals surface area contributed by atoms with E-state index in [0.717, 1.165) is 10.6 Å². The van der Waals surface area contributed by atoms with Gasteiger partial charge in [0.25, 0.3) is 0 Å². The number of amides is 2. The predicted octanol–water partition coefficient (Wildman–Crippen LogP) is 3.91. The van der Waals surface area contributed by atoms with Crippen LogP contribution in [0, 0.1) is 0 Å². The summed E-state index contributed by atoms with van der Waals surface area (Å²) in [5.74, 6) is 0.679. The Morgan fingerprint density at radius 3 is 2.64 bits per heavy atom. The van der Waals surface area contributed by atoms with E-state index in [2.05, 4.69) is 20.8 Å². The summed E-state index contributed by atoms with van der Waals surface area (Å²) < 4.78 is 5.99. The zero-order chi connectivity index (χ0) is 19.8. The third-order valence-corrected chi connectivity index (χ3v) is 6.19. The van der Waals surface area contributed by atoms with Crippen LogP contribution in [0.2, 0.25) is 0 Å². The number of hydrogen-bond donors (Lipinski definition) is 2. The fourth-order valence-corrected chi connectivity index (χ4v) is 4.45. The largest absolute Gasteiger partial charge is 0.494 e. The number of anilines is 2. The Morgan fingerprint density at radius 2 is 1.93 bits per heavy atom. The Hall–Kier alpha value is -2.43. The predicted molar refractivity (Wildman–Crippen MR) is 114 cm³/mol. The molecule has 0 atom stereocenters. The number of carbonyl (C=O) groups is 2. The van der Waals surface area contributed by atoms with Crippen molar-refractivity contribution >= 4 is 57.1 Å².